The number of carboxylic acid groups (broad SMARTS) is 1. The van der Waals surface area contributed by atoms with Gasteiger partial charge in [0.2, 0.25) is 5.91 Å². The smallest absolute Gasteiger partial charge is 0.407 e. The molecular formula is C25H28N2O6. The number of hydrogen-bond acceptors (Lipinski definition) is 5. The summed E-state index contributed by atoms with van der Waals surface area (Å²) in [6, 6.07) is 15.0. The number of carbonyl (C=O) groups excluding carboxylic acids is 2. The number of nitrogens with zero attached hydrogens (tertiary/aromatic N) is 1. The third-order valence-corrected chi connectivity index (χ3v) is 6.42. The second-order valence-electron chi connectivity index (χ2n) is 9.26. The minimum atomic E-state index is -1.15. The van der Waals surface area contributed by atoms with Gasteiger partial charge in [-0.15, -0.1) is 0 Å². The van der Waals surface area contributed by atoms with Gasteiger partial charge in [0.05, 0.1) is 11.5 Å². The molecule has 2 aromatic rings. The number of ether oxygens (including phenoxy) is 1. The van der Waals surface area contributed by atoms with Gasteiger partial charge in [-0.1, -0.05) is 48.5 Å². The summed E-state index contributed by atoms with van der Waals surface area (Å²) in [6.07, 6.45) is -1.52. The number of hydrogen-bond donors (Lipinski definition) is 3. The fraction of sp³-hybridized carbons (Fsp3) is 0.400. The number of likely N-dealkylation sites (tertiary alicyclic amines) is 1. The zero-order chi connectivity index (χ0) is 23.8. The number of fused-ring (bicyclic) bond motifs is 3. The molecule has 0 radical (unpaired) electrons. The Morgan fingerprint density at radius 1 is 1.06 bits per heavy atom. The van der Waals surface area contributed by atoms with E-state index >= 15 is 0 Å². The molecule has 3 N–H and O–H groups in total. The van der Waals surface area contributed by atoms with Crippen molar-refractivity contribution in [1.29, 1.82) is 0 Å². The van der Waals surface area contributed by atoms with Crippen LogP contribution < -0.4 is 5.32 Å². The minimum Gasteiger partial charge on any atom is -0.480 e. The van der Waals surface area contributed by atoms with E-state index in [-0.39, 0.29) is 32.0 Å². The van der Waals surface area contributed by atoms with Crippen LogP contribution in [0.15, 0.2) is 48.5 Å². The van der Waals surface area contributed by atoms with Crippen molar-refractivity contribution in [2.75, 3.05) is 19.7 Å². The van der Waals surface area contributed by atoms with Crippen LogP contribution in [0.5, 0.6) is 0 Å². The standard InChI is InChI=1S/C25H28N2O6/c1-25(2,23(31)27-12-15(28)11-21(27)22(29)30)14-26-24(32)33-13-20-18-9-5-3-7-16(18)17-8-4-6-10-19(17)20/h3-10,15,20-21,28H,11-14H2,1-2H3,(H,26,32)(H,29,30)/t15-,21-/m0/s1. The van der Waals surface area contributed by atoms with Gasteiger partial charge in [0, 0.05) is 25.4 Å². The van der Waals surface area contributed by atoms with Gasteiger partial charge in [0.25, 0.3) is 0 Å². The monoisotopic (exact) mass is 452 g/mol. The van der Waals surface area contributed by atoms with Gasteiger partial charge >= 0.3 is 12.1 Å². The second-order valence-corrected chi connectivity index (χ2v) is 9.26. The van der Waals surface area contributed by atoms with Gasteiger partial charge in [-0.25, -0.2) is 9.59 Å². The Morgan fingerprint density at radius 2 is 1.64 bits per heavy atom. The maximum absolute atomic E-state index is 12.9. The van der Waals surface area contributed by atoms with Crippen LogP contribution in [-0.2, 0) is 14.3 Å². The number of rotatable bonds is 6. The molecule has 33 heavy (non-hydrogen) atoms. The molecule has 8 heteroatoms. The zero-order valence-electron chi connectivity index (χ0n) is 18.7. The number of benzene rings is 2. The molecule has 0 aromatic heterocycles. The normalized spacial score (nSPS) is 19.7. The number of aliphatic hydroxyl groups excluding tert-OH is 1. The number of aliphatic carboxylic acids is 1. The Kier molecular flexibility index (Phi) is 6.12. The lowest BCUT2D eigenvalue weighted by Crippen LogP contribution is -2.50. The maximum Gasteiger partial charge on any atom is 0.407 e. The van der Waals surface area contributed by atoms with E-state index in [1.807, 2.05) is 36.4 Å². The Hall–Kier alpha value is -3.39. The summed E-state index contributed by atoms with van der Waals surface area (Å²) in [6.45, 7) is 3.35. The summed E-state index contributed by atoms with van der Waals surface area (Å²) >= 11 is 0. The first-order chi connectivity index (χ1) is 15.7. The average Bonchev–Trinajstić information content (AvgIpc) is 3.34. The number of β-amino-alcohol motifs (C(OH)–C–C–N with tert-alkyl or cyclic N) is 1. The van der Waals surface area contributed by atoms with Crippen LogP contribution in [-0.4, -0.2) is 64.9 Å². The lowest BCUT2D eigenvalue weighted by molar-refractivity contribution is -0.152. The highest BCUT2D eigenvalue weighted by atomic mass is 16.5. The third kappa shape index (κ3) is 4.43. The van der Waals surface area contributed by atoms with E-state index in [0.29, 0.717) is 0 Å². The van der Waals surface area contributed by atoms with Gasteiger partial charge in [0.1, 0.15) is 12.6 Å². The molecule has 1 aliphatic heterocycles. The Morgan fingerprint density at radius 3 is 2.21 bits per heavy atom. The van der Waals surface area contributed by atoms with Crippen molar-refractivity contribution in [1.82, 2.24) is 10.2 Å². The van der Waals surface area contributed by atoms with Gasteiger partial charge in [-0.05, 0) is 36.1 Å². The first-order valence-electron chi connectivity index (χ1n) is 11.0. The highest BCUT2D eigenvalue weighted by Gasteiger charge is 2.44. The van der Waals surface area contributed by atoms with Gasteiger partial charge in [-0.2, -0.15) is 0 Å². The largest absolute Gasteiger partial charge is 0.480 e. The van der Waals surface area contributed by atoms with E-state index in [0.717, 1.165) is 22.3 Å². The van der Waals surface area contributed by atoms with Crippen molar-refractivity contribution >= 4 is 18.0 Å². The Balaban J connectivity index is 1.36. The molecule has 2 amide bonds. The molecule has 0 bridgehead atoms. The molecule has 4 rings (SSSR count). The number of carboxylic acids is 1. The molecule has 0 saturated carbocycles. The summed E-state index contributed by atoms with van der Waals surface area (Å²) in [7, 11) is 0. The number of nitrogens with one attached hydrogen (secondary N) is 1. The van der Waals surface area contributed by atoms with Crippen molar-refractivity contribution in [2.45, 2.75) is 38.3 Å². The number of alkyl carbamates (subject to hydrolysis) is 1. The van der Waals surface area contributed by atoms with Gasteiger partial charge in [0.15, 0.2) is 0 Å². The predicted octanol–water partition coefficient (Wildman–Crippen LogP) is 2.60. The van der Waals surface area contributed by atoms with Crippen LogP contribution in [0.2, 0.25) is 0 Å². The lowest BCUT2D eigenvalue weighted by atomic mass is 9.91. The highest BCUT2D eigenvalue weighted by molar-refractivity contribution is 5.88. The molecule has 0 unspecified atom stereocenters. The predicted molar refractivity (Wildman–Crippen MR) is 121 cm³/mol. The van der Waals surface area contributed by atoms with Crippen molar-refractivity contribution in [3.05, 3.63) is 59.7 Å². The third-order valence-electron chi connectivity index (χ3n) is 6.42. The Labute approximate surface area is 192 Å². The summed E-state index contributed by atoms with van der Waals surface area (Å²) < 4.78 is 5.51. The van der Waals surface area contributed by atoms with Crippen LogP contribution in [0.1, 0.15) is 37.3 Å². The zero-order valence-corrected chi connectivity index (χ0v) is 18.7. The summed E-state index contributed by atoms with van der Waals surface area (Å²) in [5, 5.41) is 21.8. The molecule has 1 saturated heterocycles. The van der Waals surface area contributed by atoms with E-state index in [9.17, 15) is 24.6 Å². The summed E-state index contributed by atoms with van der Waals surface area (Å²) in [5.41, 5.74) is 3.41. The van der Waals surface area contributed by atoms with Crippen LogP contribution in [0, 0.1) is 5.41 Å². The number of carbonyl (C=O) groups is 3. The van der Waals surface area contributed by atoms with Crippen LogP contribution in [0.3, 0.4) is 0 Å². The van der Waals surface area contributed by atoms with E-state index in [2.05, 4.69) is 17.4 Å². The highest BCUT2D eigenvalue weighted by Crippen LogP contribution is 2.44. The number of aliphatic hydroxyl groups is 1. The van der Waals surface area contributed by atoms with Crippen molar-refractivity contribution < 1.29 is 29.3 Å². The van der Waals surface area contributed by atoms with E-state index in [4.69, 9.17) is 4.74 Å². The first kappa shape index (κ1) is 22.8. The molecule has 174 valence electrons. The summed E-state index contributed by atoms with van der Waals surface area (Å²) in [5.74, 6) is -1.66. The van der Waals surface area contributed by atoms with E-state index in [1.54, 1.807) is 13.8 Å². The topological polar surface area (TPSA) is 116 Å². The van der Waals surface area contributed by atoms with Crippen molar-refractivity contribution in [3.63, 3.8) is 0 Å². The Bertz CT molecular complexity index is 1040. The molecule has 2 aromatic carbocycles. The molecule has 1 aliphatic carbocycles. The first-order valence-corrected chi connectivity index (χ1v) is 11.0. The van der Waals surface area contributed by atoms with E-state index < -0.39 is 35.5 Å². The molecule has 2 aliphatic rings. The maximum atomic E-state index is 12.9. The van der Waals surface area contributed by atoms with Gasteiger partial charge in [-0.3, -0.25) is 4.79 Å². The molecule has 1 fully saturated rings. The van der Waals surface area contributed by atoms with Crippen molar-refractivity contribution in [2.24, 2.45) is 5.41 Å². The average molecular weight is 453 g/mol. The van der Waals surface area contributed by atoms with Gasteiger partial charge < -0.3 is 25.2 Å². The summed E-state index contributed by atoms with van der Waals surface area (Å²) in [4.78, 5) is 38.0. The quantitative estimate of drug-likeness (QED) is 0.620. The van der Waals surface area contributed by atoms with E-state index in [1.165, 1.54) is 4.90 Å². The van der Waals surface area contributed by atoms with Crippen molar-refractivity contribution in [3.8, 4) is 11.1 Å². The minimum absolute atomic E-state index is 0.00302. The van der Waals surface area contributed by atoms with Crippen LogP contribution >= 0.6 is 0 Å². The number of amides is 2. The molecular weight excluding hydrogens is 424 g/mol. The fourth-order valence-electron chi connectivity index (χ4n) is 4.68. The second kappa shape index (κ2) is 8.86. The molecule has 0 spiro atoms. The van der Waals surface area contributed by atoms with Crippen LogP contribution in [0.4, 0.5) is 4.79 Å². The molecule has 2 atom stereocenters. The van der Waals surface area contributed by atoms with Crippen LogP contribution in [0.25, 0.3) is 11.1 Å². The lowest BCUT2D eigenvalue weighted by Gasteiger charge is -2.31. The fourth-order valence-corrected chi connectivity index (χ4v) is 4.68. The molecule has 8 nitrogen and oxygen atoms in total. The molecule has 1 heterocycles. The SMILES string of the molecule is CC(C)(CNC(=O)OCC1c2ccccc2-c2ccccc21)C(=O)N1C[C@@H](O)C[C@H]1C(=O)O.